The highest BCUT2D eigenvalue weighted by Gasteiger charge is 2.24. The van der Waals surface area contributed by atoms with Gasteiger partial charge in [0.25, 0.3) is 5.56 Å². The highest BCUT2D eigenvalue weighted by Crippen LogP contribution is 2.23. The quantitative estimate of drug-likeness (QED) is 0.644. The smallest absolute Gasteiger partial charge is 0.332 e. The van der Waals surface area contributed by atoms with Crippen molar-refractivity contribution in [3.8, 4) is 5.75 Å². The molecule has 0 radical (unpaired) electrons. The molecule has 1 aliphatic rings. The summed E-state index contributed by atoms with van der Waals surface area (Å²) in [6, 6.07) is 7.69. The molecule has 0 bridgehead atoms. The Bertz CT molecular complexity index is 1120. The largest absolute Gasteiger partial charge is 0.497 e. The van der Waals surface area contributed by atoms with E-state index in [1.165, 1.54) is 11.6 Å². The van der Waals surface area contributed by atoms with Crippen molar-refractivity contribution in [3.05, 3.63) is 50.7 Å². The molecule has 2 aromatic heterocycles. The van der Waals surface area contributed by atoms with E-state index in [2.05, 4.69) is 9.88 Å². The highest BCUT2D eigenvalue weighted by molar-refractivity contribution is 5.74. The minimum Gasteiger partial charge on any atom is -0.497 e. The van der Waals surface area contributed by atoms with E-state index in [0.29, 0.717) is 50.0 Å². The van der Waals surface area contributed by atoms with E-state index in [4.69, 9.17) is 9.47 Å². The summed E-state index contributed by atoms with van der Waals surface area (Å²) in [6.45, 7) is 3.02. The molecule has 0 amide bonds. The van der Waals surface area contributed by atoms with Crippen molar-refractivity contribution in [1.82, 2.24) is 18.7 Å². The van der Waals surface area contributed by atoms with Crippen molar-refractivity contribution in [2.75, 3.05) is 38.3 Å². The van der Waals surface area contributed by atoms with Gasteiger partial charge >= 0.3 is 5.69 Å². The second-order valence-corrected chi connectivity index (χ2v) is 6.82. The van der Waals surface area contributed by atoms with E-state index in [-0.39, 0.29) is 11.2 Å². The molecule has 1 aromatic carbocycles. The number of ether oxygens (including phenoxy) is 2. The average Bonchev–Trinajstić information content (AvgIpc) is 3.11. The Morgan fingerprint density at radius 3 is 2.39 bits per heavy atom. The molecule has 9 nitrogen and oxygen atoms in total. The minimum atomic E-state index is -0.389. The summed E-state index contributed by atoms with van der Waals surface area (Å²) in [5, 5.41) is 0. The van der Waals surface area contributed by atoms with Crippen LogP contribution in [-0.4, -0.2) is 52.1 Å². The second kappa shape index (κ2) is 7.16. The molecule has 3 aromatic rings. The summed E-state index contributed by atoms with van der Waals surface area (Å²) in [5.41, 5.74) is 1.08. The number of fused-ring (bicyclic) bond motifs is 1. The predicted octanol–water partition coefficient (Wildman–Crippen LogP) is 0.327. The zero-order valence-corrected chi connectivity index (χ0v) is 16.2. The van der Waals surface area contributed by atoms with Gasteiger partial charge in [-0.1, -0.05) is 12.1 Å². The first-order valence-corrected chi connectivity index (χ1v) is 9.13. The van der Waals surface area contributed by atoms with Gasteiger partial charge in [-0.15, -0.1) is 0 Å². The molecule has 0 aliphatic carbocycles. The van der Waals surface area contributed by atoms with Gasteiger partial charge in [-0.2, -0.15) is 4.98 Å². The lowest BCUT2D eigenvalue weighted by Gasteiger charge is -2.28. The number of aromatic nitrogens is 4. The number of nitrogens with zero attached hydrogens (tertiary/aromatic N) is 5. The van der Waals surface area contributed by atoms with Gasteiger partial charge in [0, 0.05) is 27.2 Å². The third-order valence-electron chi connectivity index (χ3n) is 5.12. The third-order valence-corrected chi connectivity index (χ3v) is 5.12. The number of aryl methyl sites for hydroxylation is 1. The normalized spacial score (nSPS) is 14.6. The van der Waals surface area contributed by atoms with E-state index in [0.717, 1.165) is 15.9 Å². The summed E-state index contributed by atoms with van der Waals surface area (Å²) < 4.78 is 15.1. The maximum absolute atomic E-state index is 12.9. The van der Waals surface area contributed by atoms with Gasteiger partial charge < -0.3 is 14.4 Å². The Balaban J connectivity index is 1.92. The SMILES string of the molecule is COc1ccc(Cn2c(N3CCOCC3)nc3c2c(=O)n(C)c(=O)n3C)cc1. The lowest BCUT2D eigenvalue weighted by molar-refractivity contribution is 0.121. The lowest BCUT2D eigenvalue weighted by Crippen LogP contribution is -2.38. The first kappa shape index (κ1) is 18.3. The maximum Gasteiger partial charge on any atom is 0.332 e. The van der Waals surface area contributed by atoms with Crippen LogP contribution in [0.3, 0.4) is 0 Å². The van der Waals surface area contributed by atoms with Crippen molar-refractivity contribution in [2.24, 2.45) is 14.1 Å². The molecular formula is C19H23N5O4. The van der Waals surface area contributed by atoms with Gasteiger partial charge in [-0.05, 0) is 17.7 Å². The maximum atomic E-state index is 12.9. The van der Waals surface area contributed by atoms with E-state index in [1.54, 1.807) is 14.2 Å². The van der Waals surface area contributed by atoms with Crippen molar-refractivity contribution in [1.29, 1.82) is 0 Å². The number of anilines is 1. The molecule has 0 saturated carbocycles. The first-order chi connectivity index (χ1) is 13.5. The van der Waals surface area contributed by atoms with Crippen LogP contribution in [-0.2, 0) is 25.4 Å². The third kappa shape index (κ3) is 2.97. The predicted molar refractivity (Wildman–Crippen MR) is 105 cm³/mol. The molecule has 0 unspecified atom stereocenters. The number of hydrogen-bond acceptors (Lipinski definition) is 6. The average molecular weight is 385 g/mol. The number of methoxy groups -OCH3 is 1. The second-order valence-electron chi connectivity index (χ2n) is 6.82. The topological polar surface area (TPSA) is 83.5 Å². The lowest BCUT2D eigenvalue weighted by atomic mass is 10.2. The molecule has 3 heterocycles. The Kier molecular flexibility index (Phi) is 4.68. The van der Waals surface area contributed by atoms with Crippen LogP contribution in [0.5, 0.6) is 5.75 Å². The van der Waals surface area contributed by atoms with Gasteiger partial charge in [-0.25, -0.2) is 4.79 Å². The van der Waals surface area contributed by atoms with Gasteiger partial charge in [0.05, 0.1) is 26.9 Å². The fourth-order valence-corrected chi connectivity index (χ4v) is 3.50. The standard InChI is InChI=1S/C19H23N5O4/c1-21-16-15(17(25)22(2)19(21)26)24(12-13-4-6-14(27-3)7-5-13)18(20-16)23-8-10-28-11-9-23/h4-7H,8-12H2,1-3H3. The molecule has 148 valence electrons. The zero-order chi connectivity index (χ0) is 19.8. The van der Waals surface area contributed by atoms with Crippen LogP contribution in [0.15, 0.2) is 33.9 Å². The van der Waals surface area contributed by atoms with Crippen molar-refractivity contribution >= 4 is 17.1 Å². The van der Waals surface area contributed by atoms with E-state index in [1.807, 2.05) is 28.8 Å². The Labute approximate surface area is 161 Å². The van der Waals surface area contributed by atoms with Crippen LogP contribution >= 0.6 is 0 Å². The molecule has 0 spiro atoms. The molecule has 0 atom stereocenters. The van der Waals surface area contributed by atoms with Crippen LogP contribution in [0.1, 0.15) is 5.56 Å². The molecule has 4 rings (SSSR count). The molecule has 9 heteroatoms. The number of morpholine rings is 1. The van der Waals surface area contributed by atoms with Crippen LogP contribution in [0.4, 0.5) is 5.95 Å². The molecule has 0 N–H and O–H groups in total. The van der Waals surface area contributed by atoms with Crippen LogP contribution in [0, 0.1) is 0 Å². The van der Waals surface area contributed by atoms with Crippen molar-refractivity contribution < 1.29 is 9.47 Å². The van der Waals surface area contributed by atoms with E-state index >= 15 is 0 Å². The van der Waals surface area contributed by atoms with Crippen LogP contribution in [0.2, 0.25) is 0 Å². The number of imidazole rings is 1. The van der Waals surface area contributed by atoms with Crippen molar-refractivity contribution in [2.45, 2.75) is 6.54 Å². The van der Waals surface area contributed by atoms with E-state index < -0.39 is 0 Å². The molecular weight excluding hydrogens is 362 g/mol. The van der Waals surface area contributed by atoms with E-state index in [9.17, 15) is 9.59 Å². The summed E-state index contributed by atoms with van der Waals surface area (Å²) >= 11 is 0. The van der Waals surface area contributed by atoms with Gasteiger partial charge in [-0.3, -0.25) is 18.5 Å². The van der Waals surface area contributed by atoms with Gasteiger partial charge in [0.15, 0.2) is 11.2 Å². The number of benzene rings is 1. The summed E-state index contributed by atoms with van der Waals surface area (Å²) in [4.78, 5) is 32.1. The molecule has 1 aliphatic heterocycles. The summed E-state index contributed by atoms with van der Waals surface area (Å²) in [5.74, 6) is 1.44. The molecule has 28 heavy (non-hydrogen) atoms. The van der Waals surface area contributed by atoms with Gasteiger partial charge in [0.1, 0.15) is 5.75 Å². The van der Waals surface area contributed by atoms with Crippen LogP contribution < -0.4 is 20.9 Å². The molecule has 1 fully saturated rings. The fourth-order valence-electron chi connectivity index (χ4n) is 3.50. The molecule has 1 saturated heterocycles. The Hall–Kier alpha value is -3.07. The first-order valence-electron chi connectivity index (χ1n) is 9.13. The fraction of sp³-hybridized carbons (Fsp3) is 0.421. The summed E-state index contributed by atoms with van der Waals surface area (Å²) in [6.07, 6.45) is 0. The monoisotopic (exact) mass is 385 g/mol. The Morgan fingerprint density at radius 2 is 1.75 bits per heavy atom. The number of hydrogen-bond donors (Lipinski definition) is 0. The Morgan fingerprint density at radius 1 is 1.07 bits per heavy atom. The van der Waals surface area contributed by atoms with Gasteiger partial charge in [0.2, 0.25) is 5.95 Å². The highest BCUT2D eigenvalue weighted by atomic mass is 16.5. The van der Waals surface area contributed by atoms with Crippen molar-refractivity contribution in [3.63, 3.8) is 0 Å². The minimum absolute atomic E-state index is 0.348. The zero-order valence-electron chi connectivity index (χ0n) is 16.2. The van der Waals surface area contributed by atoms with Crippen LogP contribution in [0.25, 0.3) is 11.2 Å². The number of rotatable bonds is 4. The summed E-state index contributed by atoms with van der Waals surface area (Å²) in [7, 11) is 4.75.